The predicted octanol–water partition coefficient (Wildman–Crippen LogP) is 3.49. The quantitative estimate of drug-likeness (QED) is 0.771. The second-order valence-corrected chi connectivity index (χ2v) is 5.18. The van der Waals surface area contributed by atoms with Crippen molar-refractivity contribution in [1.82, 2.24) is 4.98 Å². The molecule has 0 aliphatic heterocycles. The summed E-state index contributed by atoms with van der Waals surface area (Å²) < 4.78 is 0. The number of aromatic amines is 1. The molecule has 4 nitrogen and oxygen atoms in total. The number of H-pyrrole nitrogens is 1. The monoisotopic (exact) mass is 279 g/mol. The van der Waals surface area contributed by atoms with Crippen LogP contribution in [0.4, 0.5) is 11.4 Å². The van der Waals surface area contributed by atoms with Gasteiger partial charge in [0.1, 0.15) is 0 Å². The largest absolute Gasteiger partial charge is 0.378 e. The predicted molar refractivity (Wildman–Crippen MR) is 87.0 cm³/mol. The standard InChI is InChI=1S/C17H17N3O/c1-20(2)15-7-4-13(5-8-15)17(21)19-14-6-3-12-9-10-18-16(12)11-14/h3-11,18H,1-2H3,(H,19,21). The van der Waals surface area contributed by atoms with Crippen LogP contribution in [-0.2, 0) is 0 Å². The van der Waals surface area contributed by atoms with E-state index in [0.29, 0.717) is 5.56 Å². The number of carbonyl (C=O) groups excluding carboxylic acids is 1. The van der Waals surface area contributed by atoms with Crippen LogP contribution in [0, 0.1) is 0 Å². The number of hydrogen-bond donors (Lipinski definition) is 2. The number of amides is 1. The van der Waals surface area contributed by atoms with Crippen LogP contribution < -0.4 is 10.2 Å². The molecule has 0 atom stereocenters. The van der Waals surface area contributed by atoms with Crippen molar-refractivity contribution in [3.05, 3.63) is 60.3 Å². The van der Waals surface area contributed by atoms with Gasteiger partial charge in [-0.1, -0.05) is 6.07 Å². The molecule has 1 heterocycles. The van der Waals surface area contributed by atoms with Crippen LogP contribution in [-0.4, -0.2) is 25.0 Å². The highest BCUT2D eigenvalue weighted by atomic mass is 16.1. The molecular weight excluding hydrogens is 262 g/mol. The normalized spacial score (nSPS) is 10.6. The van der Waals surface area contributed by atoms with Crippen LogP contribution in [0.2, 0.25) is 0 Å². The zero-order valence-corrected chi connectivity index (χ0v) is 12.1. The van der Waals surface area contributed by atoms with Gasteiger partial charge in [-0.25, -0.2) is 0 Å². The second-order valence-electron chi connectivity index (χ2n) is 5.18. The molecule has 4 heteroatoms. The van der Waals surface area contributed by atoms with Gasteiger partial charge in [0, 0.05) is 42.7 Å². The topological polar surface area (TPSA) is 48.1 Å². The highest BCUT2D eigenvalue weighted by molar-refractivity contribution is 6.05. The molecule has 0 spiro atoms. The molecule has 3 rings (SSSR count). The van der Waals surface area contributed by atoms with Gasteiger partial charge in [-0.15, -0.1) is 0 Å². The van der Waals surface area contributed by atoms with Crippen LogP contribution in [0.3, 0.4) is 0 Å². The fourth-order valence-electron chi connectivity index (χ4n) is 2.24. The molecule has 1 aromatic heterocycles. The van der Waals surface area contributed by atoms with Gasteiger partial charge in [-0.2, -0.15) is 0 Å². The first-order valence-corrected chi connectivity index (χ1v) is 6.79. The van der Waals surface area contributed by atoms with Gasteiger partial charge >= 0.3 is 0 Å². The molecule has 0 fully saturated rings. The summed E-state index contributed by atoms with van der Waals surface area (Å²) in [5, 5.41) is 4.04. The molecule has 2 N–H and O–H groups in total. The van der Waals surface area contributed by atoms with E-state index in [-0.39, 0.29) is 5.91 Å². The number of nitrogens with zero attached hydrogens (tertiary/aromatic N) is 1. The van der Waals surface area contributed by atoms with Crippen molar-refractivity contribution in [2.45, 2.75) is 0 Å². The zero-order chi connectivity index (χ0) is 14.8. The molecule has 0 aliphatic carbocycles. The summed E-state index contributed by atoms with van der Waals surface area (Å²) in [5.74, 6) is -0.105. The Labute approximate surface area is 123 Å². The van der Waals surface area contributed by atoms with Crippen molar-refractivity contribution in [3.63, 3.8) is 0 Å². The Morgan fingerprint density at radius 2 is 1.81 bits per heavy atom. The van der Waals surface area contributed by atoms with Gasteiger partial charge in [-0.3, -0.25) is 4.79 Å². The highest BCUT2D eigenvalue weighted by Crippen LogP contribution is 2.19. The van der Waals surface area contributed by atoms with Gasteiger partial charge in [0.25, 0.3) is 5.91 Å². The third kappa shape index (κ3) is 2.74. The number of aromatic nitrogens is 1. The third-order valence-corrected chi connectivity index (χ3v) is 3.46. The molecule has 2 aromatic carbocycles. The van der Waals surface area contributed by atoms with Crippen LogP contribution in [0.5, 0.6) is 0 Å². The van der Waals surface area contributed by atoms with E-state index in [1.807, 2.05) is 73.7 Å². The summed E-state index contributed by atoms with van der Waals surface area (Å²) in [4.78, 5) is 17.4. The number of fused-ring (bicyclic) bond motifs is 1. The molecular formula is C17H17N3O. The van der Waals surface area contributed by atoms with E-state index in [1.165, 1.54) is 0 Å². The van der Waals surface area contributed by atoms with Crippen molar-refractivity contribution in [1.29, 1.82) is 0 Å². The summed E-state index contributed by atoms with van der Waals surface area (Å²) in [6.45, 7) is 0. The van der Waals surface area contributed by atoms with Gasteiger partial charge in [0.15, 0.2) is 0 Å². The van der Waals surface area contributed by atoms with Gasteiger partial charge in [0.2, 0.25) is 0 Å². The van der Waals surface area contributed by atoms with Crippen molar-refractivity contribution in [2.75, 3.05) is 24.3 Å². The molecule has 0 aliphatic rings. The maximum atomic E-state index is 12.2. The van der Waals surface area contributed by atoms with E-state index in [2.05, 4.69) is 10.3 Å². The van der Waals surface area contributed by atoms with Crippen LogP contribution in [0.25, 0.3) is 10.9 Å². The lowest BCUT2D eigenvalue weighted by Crippen LogP contribution is -2.13. The number of carbonyl (C=O) groups is 1. The first kappa shape index (κ1) is 13.2. The van der Waals surface area contributed by atoms with Crippen molar-refractivity contribution >= 4 is 28.2 Å². The first-order chi connectivity index (χ1) is 10.1. The van der Waals surface area contributed by atoms with Crippen LogP contribution in [0.1, 0.15) is 10.4 Å². The summed E-state index contributed by atoms with van der Waals surface area (Å²) in [7, 11) is 3.95. The molecule has 0 unspecified atom stereocenters. The van der Waals surface area contributed by atoms with Crippen molar-refractivity contribution in [2.24, 2.45) is 0 Å². The lowest BCUT2D eigenvalue weighted by Gasteiger charge is -2.12. The maximum absolute atomic E-state index is 12.2. The molecule has 106 valence electrons. The Hall–Kier alpha value is -2.75. The number of benzene rings is 2. The molecule has 0 saturated heterocycles. The molecule has 3 aromatic rings. The van der Waals surface area contributed by atoms with Gasteiger partial charge in [-0.05, 0) is 47.9 Å². The lowest BCUT2D eigenvalue weighted by atomic mass is 10.1. The van der Waals surface area contributed by atoms with Crippen molar-refractivity contribution < 1.29 is 4.79 Å². The van der Waals surface area contributed by atoms with E-state index in [4.69, 9.17) is 0 Å². The minimum atomic E-state index is -0.105. The fourth-order valence-corrected chi connectivity index (χ4v) is 2.24. The minimum absolute atomic E-state index is 0.105. The van der Waals surface area contributed by atoms with Crippen LogP contribution >= 0.6 is 0 Å². The number of nitrogens with one attached hydrogen (secondary N) is 2. The van der Waals surface area contributed by atoms with Gasteiger partial charge in [0.05, 0.1) is 0 Å². The Balaban J connectivity index is 1.78. The SMILES string of the molecule is CN(C)c1ccc(C(=O)Nc2ccc3cc[nH]c3c2)cc1. The average molecular weight is 279 g/mol. The summed E-state index contributed by atoms with van der Waals surface area (Å²) in [6.07, 6.45) is 1.89. The smallest absolute Gasteiger partial charge is 0.255 e. The van der Waals surface area contributed by atoms with E-state index in [9.17, 15) is 4.79 Å². The number of hydrogen-bond acceptors (Lipinski definition) is 2. The zero-order valence-electron chi connectivity index (χ0n) is 12.1. The Morgan fingerprint density at radius 1 is 1.05 bits per heavy atom. The fraction of sp³-hybridized carbons (Fsp3) is 0.118. The Bertz CT molecular complexity index is 772. The Morgan fingerprint density at radius 3 is 2.52 bits per heavy atom. The number of anilines is 2. The summed E-state index contributed by atoms with van der Waals surface area (Å²) in [5.41, 5.74) is 3.51. The lowest BCUT2D eigenvalue weighted by molar-refractivity contribution is 0.102. The highest BCUT2D eigenvalue weighted by Gasteiger charge is 2.07. The second kappa shape index (κ2) is 5.32. The van der Waals surface area contributed by atoms with E-state index >= 15 is 0 Å². The number of rotatable bonds is 3. The van der Waals surface area contributed by atoms with E-state index in [1.54, 1.807) is 0 Å². The maximum Gasteiger partial charge on any atom is 0.255 e. The van der Waals surface area contributed by atoms with E-state index in [0.717, 1.165) is 22.3 Å². The molecule has 0 saturated carbocycles. The average Bonchev–Trinajstić information content (AvgIpc) is 2.95. The molecule has 21 heavy (non-hydrogen) atoms. The molecule has 0 radical (unpaired) electrons. The minimum Gasteiger partial charge on any atom is -0.378 e. The van der Waals surface area contributed by atoms with Crippen LogP contribution in [0.15, 0.2) is 54.7 Å². The van der Waals surface area contributed by atoms with Crippen molar-refractivity contribution in [3.8, 4) is 0 Å². The summed E-state index contributed by atoms with van der Waals surface area (Å²) >= 11 is 0. The summed E-state index contributed by atoms with van der Waals surface area (Å²) in [6, 6.07) is 15.4. The molecule has 1 amide bonds. The first-order valence-electron chi connectivity index (χ1n) is 6.79. The third-order valence-electron chi connectivity index (χ3n) is 3.46. The van der Waals surface area contributed by atoms with E-state index < -0.39 is 0 Å². The van der Waals surface area contributed by atoms with Gasteiger partial charge < -0.3 is 15.2 Å². The molecule has 0 bridgehead atoms. The Kier molecular flexibility index (Phi) is 3.36.